The third kappa shape index (κ3) is 6.55. The third-order valence-electron chi connectivity index (χ3n) is 4.58. The van der Waals surface area contributed by atoms with Crippen LogP contribution >= 0.6 is 11.3 Å². The van der Waals surface area contributed by atoms with Crippen LogP contribution in [0.25, 0.3) is 11.3 Å². The number of hydrogen-bond acceptors (Lipinski definition) is 6. The Bertz CT molecular complexity index is 1220. The van der Waals surface area contributed by atoms with Gasteiger partial charge in [-0.3, -0.25) is 4.79 Å². The van der Waals surface area contributed by atoms with Crippen LogP contribution in [-0.2, 0) is 0 Å². The Morgan fingerprint density at radius 3 is 2.56 bits per heavy atom. The molecule has 0 aliphatic heterocycles. The van der Waals surface area contributed by atoms with Crippen molar-refractivity contribution < 1.29 is 22.7 Å². The fourth-order valence-corrected chi connectivity index (χ4v) is 3.35. The molecule has 1 aromatic carbocycles. The molecule has 2 aromatic heterocycles. The Hall–Kier alpha value is -3.92. The average molecular weight is 487 g/mol. The molecule has 3 N–H and O–H groups in total. The number of carbonyl (C=O) groups is 1. The number of anilines is 1. The number of rotatable bonds is 9. The van der Waals surface area contributed by atoms with Crippen LogP contribution in [-0.4, -0.2) is 28.6 Å². The number of hydrogen-bond donors (Lipinski definition) is 2. The van der Waals surface area contributed by atoms with Gasteiger partial charge in [0, 0.05) is 34.8 Å². The Balaban J connectivity index is 1.88. The highest BCUT2D eigenvalue weighted by molar-refractivity contribution is 7.13. The second kappa shape index (κ2) is 10.8. The molecule has 0 spiro atoms. The number of nitrogens with one attached hydrogen (secondary N) is 1. The zero-order valence-corrected chi connectivity index (χ0v) is 18.9. The lowest BCUT2D eigenvalue weighted by molar-refractivity contribution is -0.0913. The molecule has 176 valence electrons. The van der Waals surface area contributed by atoms with Gasteiger partial charge in [-0.05, 0) is 55.5 Å². The maximum Gasteiger partial charge on any atom is 0.412 e. The predicted molar refractivity (Wildman–Crippen MR) is 126 cm³/mol. The fraction of sp³-hybridized carbons (Fsp3) is 0.125. The van der Waals surface area contributed by atoms with Crippen LogP contribution in [0.1, 0.15) is 17.4 Å². The number of halogens is 3. The van der Waals surface area contributed by atoms with Crippen LogP contribution in [0.4, 0.5) is 18.3 Å². The highest BCUT2D eigenvalue weighted by Gasteiger charge is 2.30. The third-order valence-corrected chi connectivity index (χ3v) is 5.31. The molecule has 0 fully saturated rings. The summed E-state index contributed by atoms with van der Waals surface area (Å²) >= 11 is 1.33. The maximum atomic E-state index is 13.2. The summed E-state index contributed by atoms with van der Waals surface area (Å²) in [5.41, 5.74) is 6.14. The summed E-state index contributed by atoms with van der Waals surface area (Å²) in [5, 5.41) is 5.31. The van der Waals surface area contributed by atoms with Gasteiger partial charge in [-0.25, -0.2) is 9.97 Å². The number of amides is 1. The first-order valence-electron chi connectivity index (χ1n) is 9.97. The van der Waals surface area contributed by atoms with E-state index in [4.69, 9.17) is 10.5 Å². The summed E-state index contributed by atoms with van der Waals surface area (Å²) in [7, 11) is 0. The minimum atomic E-state index is -4.48. The summed E-state index contributed by atoms with van der Waals surface area (Å²) in [6.45, 7) is 4.73. The number of allylic oxidation sites excluding steroid dienone is 2. The monoisotopic (exact) mass is 486 g/mol. The number of pyridine rings is 1. The van der Waals surface area contributed by atoms with E-state index in [0.29, 0.717) is 22.1 Å². The highest BCUT2D eigenvalue weighted by atomic mass is 32.1. The van der Waals surface area contributed by atoms with Crippen molar-refractivity contribution in [2.24, 2.45) is 5.73 Å². The molecule has 0 saturated heterocycles. The normalized spacial score (nSPS) is 12.6. The molecular weight excluding hydrogens is 465 g/mol. The van der Waals surface area contributed by atoms with Crippen LogP contribution in [0, 0.1) is 0 Å². The Morgan fingerprint density at radius 1 is 1.24 bits per heavy atom. The topological polar surface area (TPSA) is 90.1 Å². The molecule has 0 bridgehead atoms. The zero-order chi connectivity index (χ0) is 24.7. The number of nitrogens with zero attached hydrogens (tertiary/aromatic N) is 2. The van der Waals surface area contributed by atoms with Gasteiger partial charge in [0.15, 0.2) is 5.13 Å². The minimum Gasteiger partial charge on any atom is -0.457 e. The van der Waals surface area contributed by atoms with E-state index in [1.165, 1.54) is 23.5 Å². The average Bonchev–Trinajstić information content (AvgIpc) is 3.33. The van der Waals surface area contributed by atoms with Gasteiger partial charge in [0.2, 0.25) is 0 Å². The molecule has 0 saturated carbocycles. The smallest absolute Gasteiger partial charge is 0.412 e. The van der Waals surface area contributed by atoms with E-state index in [1.807, 2.05) is 0 Å². The van der Waals surface area contributed by atoms with Crippen LogP contribution in [0.5, 0.6) is 5.75 Å². The van der Waals surface area contributed by atoms with Crippen molar-refractivity contribution in [3.8, 4) is 17.0 Å². The van der Waals surface area contributed by atoms with Crippen molar-refractivity contribution in [1.29, 1.82) is 0 Å². The number of nitrogens with two attached hydrogens (primary N) is 1. The van der Waals surface area contributed by atoms with E-state index < -0.39 is 17.7 Å². The van der Waals surface area contributed by atoms with Crippen molar-refractivity contribution in [2.75, 3.05) is 11.9 Å². The van der Waals surface area contributed by atoms with Crippen LogP contribution in [0.2, 0.25) is 0 Å². The first kappa shape index (κ1) is 24.7. The van der Waals surface area contributed by atoms with Gasteiger partial charge in [0.1, 0.15) is 17.2 Å². The summed E-state index contributed by atoms with van der Waals surface area (Å²) in [4.78, 5) is 19.7. The molecule has 2 heterocycles. The molecule has 3 aromatic rings. The van der Waals surface area contributed by atoms with Crippen LogP contribution in [0.15, 0.2) is 89.7 Å². The van der Waals surface area contributed by atoms with Gasteiger partial charge in [0.05, 0.1) is 5.69 Å². The van der Waals surface area contributed by atoms with E-state index >= 15 is 0 Å². The number of alkyl halides is 3. The van der Waals surface area contributed by atoms with Gasteiger partial charge < -0.3 is 15.8 Å². The lowest BCUT2D eigenvalue weighted by Crippen LogP contribution is -2.13. The molecule has 0 aliphatic carbocycles. The molecule has 0 atom stereocenters. The van der Waals surface area contributed by atoms with E-state index in [9.17, 15) is 18.0 Å². The molecule has 0 radical (unpaired) electrons. The first-order chi connectivity index (χ1) is 16.2. The lowest BCUT2D eigenvalue weighted by atomic mass is 10.1. The maximum absolute atomic E-state index is 13.2. The molecule has 34 heavy (non-hydrogen) atoms. The van der Waals surface area contributed by atoms with Crippen molar-refractivity contribution in [3.63, 3.8) is 0 Å². The minimum absolute atomic E-state index is 0.0458. The van der Waals surface area contributed by atoms with Crippen molar-refractivity contribution in [3.05, 3.63) is 95.4 Å². The molecule has 3 rings (SSSR count). The molecule has 0 unspecified atom stereocenters. The Kier molecular flexibility index (Phi) is 7.85. The second-order valence-electron chi connectivity index (χ2n) is 7.01. The SMILES string of the molecule is C=C/C(Oc1ccc(-c2cccc(C(N)=O)n2)cc1)=C(\C=C(/C)C(F)(F)F)CNc1nccs1. The number of aromatic nitrogens is 2. The predicted octanol–water partition coefficient (Wildman–Crippen LogP) is 5.74. The summed E-state index contributed by atoms with van der Waals surface area (Å²) in [5.74, 6) is -0.0903. The van der Waals surface area contributed by atoms with Crippen LogP contribution in [0.3, 0.4) is 0 Å². The molecular formula is C24H21F3N4O2S. The van der Waals surface area contributed by atoms with E-state index in [-0.39, 0.29) is 23.6 Å². The standard InChI is InChI=1S/C24H21F3N4O2S/c1-3-21(17(13-15(2)24(25,26)27)14-30-23-29-11-12-34-23)33-18-9-7-16(8-10-18)19-5-4-6-20(31-19)22(28)32/h3-13H,1,14H2,2H3,(H2,28,32)(H,29,30)/b15-13+,21-17-. The van der Waals surface area contributed by atoms with Crippen molar-refractivity contribution in [1.82, 2.24) is 9.97 Å². The van der Waals surface area contributed by atoms with Gasteiger partial charge in [-0.15, -0.1) is 11.3 Å². The van der Waals surface area contributed by atoms with Crippen molar-refractivity contribution >= 4 is 22.4 Å². The Labute approximate surface area is 198 Å². The number of thiazole rings is 1. The van der Waals surface area contributed by atoms with Gasteiger partial charge in [-0.1, -0.05) is 12.6 Å². The van der Waals surface area contributed by atoms with E-state index in [1.54, 1.807) is 48.0 Å². The largest absolute Gasteiger partial charge is 0.457 e. The zero-order valence-electron chi connectivity index (χ0n) is 18.1. The Morgan fingerprint density at radius 2 is 1.97 bits per heavy atom. The van der Waals surface area contributed by atoms with Crippen LogP contribution < -0.4 is 15.8 Å². The quantitative estimate of drug-likeness (QED) is 0.297. The van der Waals surface area contributed by atoms with Gasteiger partial charge >= 0.3 is 6.18 Å². The summed E-state index contributed by atoms with van der Waals surface area (Å²) < 4.78 is 45.4. The first-order valence-corrected chi connectivity index (χ1v) is 10.8. The molecule has 6 nitrogen and oxygen atoms in total. The fourth-order valence-electron chi connectivity index (χ4n) is 2.83. The van der Waals surface area contributed by atoms with Gasteiger partial charge in [-0.2, -0.15) is 13.2 Å². The second-order valence-corrected chi connectivity index (χ2v) is 7.90. The summed E-state index contributed by atoms with van der Waals surface area (Å²) in [6, 6.07) is 11.6. The number of carbonyl (C=O) groups excluding carboxylic acids is 1. The number of ether oxygens (including phenoxy) is 1. The van der Waals surface area contributed by atoms with Gasteiger partial charge in [0.25, 0.3) is 5.91 Å². The highest BCUT2D eigenvalue weighted by Crippen LogP contribution is 2.28. The summed E-state index contributed by atoms with van der Waals surface area (Å²) in [6.07, 6.45) is -0.517. The van der Waals surface area contributed by atoms with E-state index in [2.05, 4.69) is 21.9 Å². The molecule has 10 heteroatoms. The number of benzene rings is 1. The molecule has 1 amide bonds. The van der Waals surface area contributed by atoms with Crippen molar-refractivity contribution in [2.45, 2.75) is 13.1 Å². The van der Waals surface area contributed by atoms with E-state index in [0.717, 1.165) is 13.0 Å². The number of primary amides is 1. The lowest BCUT2D eigenvalue weighted by Gasteiger charge is -2.14. The molecule has 0 aliphatic rings.